The van der Waals surface area contributed by atoms with Crippen LogP contribution in [0.5, 0.6) is 5.75 Å². The van der Waals surface area contributed by atoms with Crippen molar-refractivity contribution in [3.8, 4) is 5.75 Å². The molecular weight excluding hydrogens is 358 g/mol. The Kier molecular flexibility index (Phi) is 7.43. The average Bonchev–Trinajstić information content (AvgIpc) is 2.94. The molecule has 0 unspecified atom stereocenters. The van der Waals surface area contributed by atoms with Gasteiger partial charge in [-0.05, 0) is 38.5 Å². The third kappa shape index (κ3) is 5.03. The van der Waals surface area contributed by atoms with E-state index in [9.17, 15) is 4.79 Å². The lowest BCUT2D eigenvalue weighted by Gasteiger charge is -2.12. The fraction of sp³-hybridized carbons (Fsp3) is 0.450. The summed E-state index contributed by atoms with van der Waals surface area (Å²) >= 11 is 0. The molecule has 0 atom stereocenters. The van der Waals surface area contributed by atoms with Crippen LogP contribution in [0.1, 0.15) is 39.8 Å². The minimum absolute atomic E-state index is 0.386. The first-order valence-corrected chi connectivity index (χ1v) is 9.17. The molecule has 0 spiro atoms. The van der Waals surface area contributed by atoms with Gasteiger partial charge < -0.3 is 20.1 Å². The Balaban J connectivity index is 2.15. The van der Waals surface area contributed by atoms with Crippen molar-refractivity contribution >= 4 is 11.9 Å². The Morgan fingerprint density at radius 1 is 1.25 bits per heavy atom. The number of hydrogen-bond donors (Lipinski definition) is 2. The Labute approximate surface area is 165 Å². The Morgan fingerprint density at radius 3 is 2.57 bits per heavy atom. The number of benzene rings is 1. The lowest BCUT2D eigenvalue weighted by Crippen LogP contribution is -2.37. The number of nitrogens with one attached hydrogen (secondary N) is 2. The molecule has 28 heavy (non-hydrogen) atoms. The number of methoxy groups -OCH3 is 2. The summed E-state index contributed by atoms with van der Waals surface area (Å²) in [4.78, 5) is 16.6. The molecule has 1 aromatic heterocycles. The number of esters is 1. The number of guanidine groups is 1. The van der Waals surface area contributed by atoms with Crippen LogP contribution in [0.25, 0.3) is 0 Å². The first-order valence-electron chi connectivity index (χ1n) is 9.17. The second-order valence-corrected chi connectivity index (χ2v) is 6.35. The predicted octanol–water partition coefficient (Wildman–Crippen LogP) is 2.09. The van der Waals surface area contributed by atoms with Crippen LogP contribution in [0.3, 0.4) is 0 Å². The minimum atomic E-state index is -0.435. The lowest BCUT2D eigenvalue weighted by molar-refractivity contribution is 0.0597. The summed E-state index contributed by atoms with van der Waals surface area (Å²) in [5, 5.41) is 11.0. The zero-order valence-electron chi connectivity index (χ0n) is 17.4. The second kappa shape index (κ2) is 9.77. The molecule has 1 heterocycles. The van der Waals surface area contributed by atoms with E-state index in [0.717, 1.165) is 29.1 Å². The van der Waals surface area contributed by atoms with Gasteiger partial charge in [0.05, 0.1) is 26.5 Å². The van der Waals surface area contributed by atoms with Crippen LogP contribution in [0, 0.1) is 13.8 Å². The third-order valence-electron chi connectivity index (χ3n) is 4.52. The van der Waals surface area contributed by atoms with E-state index in [4.69, 9.17) is 9.47 Å². The second-order valence-electron chi connectivity index (χ2n) is 6.35. The molecule has 8 heteroatoms. The molecule has 0 aliphatic carbocycles. The molecule has 0 amide bonds. The van der Waals surface area contributed by atoms with Gasteiger partial charge in [0.15, 0.2) is 5.96 Å². The van der Waals surface area contributed by atoms with Crippen molar-refractivity contribution < 1.29 is 14.3 Å². The number of carbonyl (C=O) groups is 1. The maximum absolute atomic E-state index is 11.9. The normalized spacial score (nSPS) is 11.3. The summed E-state index contributed by atoms with van der Waals surface area (Å²) in [6.45, 7) is 7.85. The summed E-state index contributed by atoms with van der Waals surface area (Å²) in [7, 11) is 4.81. The van der Waals surface area contributed by atoms with Crippen molar-refractivity contribution in [2.24, 2.45) is 12.0 Å². The first kappa shape index (κ1) is 21.3. The van der Waals surface area contributed by atoms with E-state index >= 15 is 0 Å². The number of hydrogen-bond acceptors (Lipinski definition) is 5. The highest BCUT2D eigenvalue weighted by atomic mass is 16.5. The van der Waals surface area contributed by atoms with Crippen LogP contribution >= 0.6 is 0 Å². The molecule has 8 nitrogen and oxygen atoms in total. The van der Waals surface area contributed by atoms with Crippen molar-refractivity contribution in [3.63, 3.8) is 0 Å². The van der Waals surface area contributed by atoms with Gasteiger partial charge in [-0.2, -0.15) is 5.10 Å². The number of aromatic nitrogens is 2. The SMILES string of the molecule is CCNC(=NCc1ccc(OC)c(C(=O)OC)c1)NCc1c(C)nn(C)c1C. The molecule has 0 saturated heterocycles. The molecule has 0 bridgehead atoms. The third-order valence-corrected chi connectivity index (χ3v) is 4.52. The monoisotopic (exact) mass is 387 g/mol. The summed E-state index contributed by atoms with van der Waals surface area (Å²) in [5.41, 5.74) is 4.55. The zero-order valence-corrected chi connectivity index (χ0v) is 17.4. The van der Waals surface area contributed by atoms with Gasteiger partial charge >= 0.3 is 5.97 Å². The molecule has 2 N–H and O–H groups in total. The number of rotatable bonds is 7. The largest absolute Gasteiger partial charge is 0.496 e. The van der Waals surface area contributed by atoms with Crippen LogP contribution in [0.15, 0.2) is 23.2 Å². The summed E-state index contributed by atoms with van der Waals surface area (Å²) in [5.74, 6) is 0.739. The lowest BCUT2D eigenvalue weighted by atomic mass is 10.1. The van der Waals surface area contributed by atoms with Gasteiger partial charge in [0, 0.05) is 31.4 Å². The first-order chi connectivity index (χ1) is 13.4. The van der Waals surface area contributed by atoms with Crippen LogP contribution in [0.2, 0.25) is 0 Å². The van der Waals surface area contributed by atoms with Crippen LogP contribution in [-0.2, 0) is 24.9 Å². The van der Waals surface area contributed by atoms with E-state index in [1.807, 2.05) is 38.6 Å². The Bertz CT molecular complexity index is 858. The maximum atomic E-state index is 11.9. The number of carbonyl (C=O) groups excluding carboxylic acids is 1. The van der Waals surface area contributed by atoms with Gasteiger partial charge in [0.1, 0.15) is 11.3 Å². The van der Waals surface area contributed by atoms with Crippen molar-refractivity contribution in [1.82, 2.24) is 20.4 Å². The molecule has 0 aliphatic rings. The molecule has 0 radical (unpaired) electrons. The topological polar surface area (TPSA) is 89.8 Å². The molecule has 0 saturated carbocycles. The highest BCUT2D eigenvalue weighted by molar-refractivity contribution is 5.92. The van der Waals surface area contributed by atoms with Crippen LogP contribution in [0.4, 0.5) is 0 Å². The summed E-state index contributed by atoms with van der Waals surface area (Å²) in [6.07, 6.45) is 0. The van der Waals surface area contributed by atoms with Crippen LogP contribution < -0.4 is 15.4 Å². The van der Waals surface area contributed by atoms with E-state index in [0.29, 0.717) is 30.4 Å². The number of aliphatic imine (C=N–C) groups is 1. The molecule has 2 aromatic rings. The fourth-order valence-corrected chi connectivity index (χ4v) is 2.88. The van der Waals surface area contributed by atoms with Crippen molar-refractivity contribution in [2.75, 3.05) is 20.8 Å². The highest BCUT2D eigenvalue weighted by Crippen LogP contribution is 2.21. The van der Waals surface area contributed by atoms with Gasteiger partial charge in [-0.1, -0.05) is 6.07 Å². The van der Waals surface area contributed by atoms with Crippen molar-refractivity contribution in [1.29, 1.82) is 0 Å². The number of nitrogens with zero attached hydrogens (tertiary/aromatic N) is 3. The van der Waals surface area contributed by atoms with E-state index in [1.165, 1.54) is 14.2 Å². The zero-order chi connectivity index (χ0) is 20.7. The average molecular weight is 387 g/mol. The van der Waals surface area contributed by atoms with Gasteiger partial charge in [-0.3, -0.25) is 4.68 Å². The maximum Gasteiger partial charge on any atom is 0.341 e. The van der Waals surface area contributed by atoms with Crippen molar-refractivity contribution in [3.05, 3.63) is 46.3 Å². The molecule has 1 aromatic carbocycles. The molecule has 0 fully saturated rings. The Morgan fingerprint density at radius 2 is 2.00 bits per heavy atom. The summed E-state index contributed by atoms with van der Waals surface area (Å²) < 4.78 is 11.9. The molecule has 2 rings (SSSR count). The van der Waals surface area contributed by atoms with Gasteiger partial charge in [0.25, 0.3) is 0 Å². The standard InChI is InChI=1S/C20H29N5O3/c1-7-21-20(23-12-17-13(2)24-25(4)14(17)3)22-11-15-8-9-18(27-5)16(10-15)19(26)28-6/h8-10H,7,11-12H2,1-6H3,(H2,21,22,23). The Hall–Kier alpha value is -3.03. The summed E-state index contributed by atoms with van der Waals surface area (Å²) in [6, 6.07) is 5.38. The van der Waals surface area contributed by atoms with Crippen molar-refractivity contribution in [2.45, 2.75) is 33.9 Å². The number of aryl methyl sites for hydroxylation is 2. The molecule has 0 aliphatic heterocycles. The molecule has 152 valence electrons. The predicted molar refractivity (Wildman–Crippen MR) is 109 cm³/mol. The van der Waals surface area contributed by atoms with E-state index < -0.39 is 5.97 Å². The van der Waals surface area contributed by atoms with E-state index in [-0.39, 0.29) is 0 Å². The molecular formula is C20H29N5O3. The van der Waals surface area contributed by atoms with Gasteiger partial charge in [0.2, 0.25) is 0 Å². The van der Waals surface area contributed by atoms with E-state index in [1.54, 1.807) is 12.1 Å². The minimum Gasteiger partial charge on any atom is -0.496 e. The van der Waals surface area contributed by atoms with E-state index in [2.05, 4.69) is 20.7 Å². The quantitative estimate of drug-likeness (QED) is 0.430. The van der Waals surface area contributed by atoms with Gasteiger partial charge in [-0.25, -0.2) is 9.79 Å². The van der Waals surface area contributed by atoms with Gasteiger partial charge in [-0.15, -0.1) is 0 Å². The number of ether oxygens (including phenoxy) is 2. The smallest absolute Gasteiger partial charge is 0.341 e. The van der Waals surface area contributed by atoms with Crippen LogP contribution in [-0.4, -0.2) is 42.5 Å². The fourth-order valence-electron chi connectivity index (χ4n) is 2.88. The highest BCUT2D eigenvalue weighted by Gasteiger charge is 2.14.